The normalized spacial score (nSPS) is 13.1. The fraction of sp³-hybridized carbons (Fsp3) is 0.625. The summed E-state index contributed by atoms with van der Waals surface area (Å²) in [6, 6.07) is 5.44. The molecule has 0 N–H and O–H groups in total. The smallest absolute Gasteiger partial charge is 0.264 e. The van der Waals surface area contributed by atoms with Crippen molar-refractivity contribution in [2.45, 2.75) is 37.6 Å². The average molecular weight is 475 g/mol. The van der Waals surface area contributed by atoms with Gasteiger partial charge >= 0.3 is 0 Å². The summed E-state index contributed by atoms with van der Waals surface area (Å²) >= 11 is 1.77. The topological polar surface area (TPSA) is 86.7 Å². The number of hydrogen-bond acceptors (Lipinski definition) is 9. The fourth-order valence-corrected chi connectivity index (χ4v) is 6.48. The lowest BCUT2D eigenvalue weighted by Crippen LogP contribution is -2.16. The van der Waals surface area contributed by atoms with Gasteiger partial charge in [0.05, 0.1) is 25.7 Å². The molecule has 0 aromatic heterocycles. The molecule has 0 aliphatic heterocycles. The molecule has 0 aliphatic rings. The zero-order chi connectivity index (χ0) is 20.7. The van der Waals surface area contributed by atoms with Crippen molar-refractivity contribution in [1.82, 2.24) is 0 Å². The van der Waals surface area contributed by atoms with Gasteiger partial charge in [0.15, 0.2) is 0 Å². The summed E-state index contributed by atoms with van der Waals surface area (Å²) in [7, 11) is -3.57. The van der Waals surface area contributed by atoms with E-state index in [-0.39, 0.29) is 18.0 Å². The van der Waals surface area contributed by atoms with Crippen LogP contribution in [-0.2, 0) is 47.6 Å². The predicted molar refractivity (Wildman–Crippen MR) is 117 cm³/mol. The first kappa shape index (κ1) is 25.1. The van der Waals surface area contributed by atoms with Crippen LogP contribution in [0.5, 0.6) is 0 Å². The molecule has 0 saturated carbocycles. The Morgan fingerprint density at radius 1 is 0.889 bits per heavy atom. The van der Waals surface area contributed by atoms with Crippen molar-refractivity contribution < 1.29 is 25.2 Å². The van der Waals surface area contributed by atoms with Gasteiger partial charge in [-0.1, -0.05) is 39.8 Å². The van der Waals surface area contributed by atoms with E-state index in [0.717, 1.165) is 29.6 Å². The Morgan fingerprint density at radius 2 is 1.33 bits per heavy atom. The second-order valence-electron chi connectivity index (χ2n) is 6.59. The molecule has 0 heterocycles. The van der Waals surface area contributed by atoms with Gasteiger partial charge in [0.25, 0.3) is 20.2 Å². The summed E-state index contributed by atoms with van der Waals surface area (Å²) in [4.78, 5) is 0. The SMILES string of the molecule is CSSC(C)(C)CSCc1cc(COS(C)(=O)=O)cc(COS(C)(=O)=O)c1. The highest BCUT2D eigenvalue weighted by atomic mass is 33.1. The van der Waals surface area contributed by atoms with Crippen molar-refractivity contribution in [2.75, 3.05) is 24.5 Å². The highest BCUT2D eigenvalue weighted by Gasteiger charge is 2.18. The maximum Gasteiger partial charge on any atom is 0.264 e. The predicted octanol–water partition coefficient (Wildman–Crippen LogP) is 3.66. The van der Waals surface area contributed by atoms with Crippen molar-refractivity contribution in [2.24, 2.45) is 0 Å². The maximum atomic E-state index is 11.2. The van der Waals surface area contributed by atoms with Crippen LogP contribution in [0.25, 0.3) is 0 Å². The van der Waals surface area contributed by atoms with Crippen molar-refractivity contribution in [3.05, 3.63) is 34.9 Å². The number of rotatable bonds is 12. The first-order chi connectivity index (χ1) is 12.3. The van der Waals surface area contributed by atoms with E-state index in [0.29, 0.717) is 11.1 Å². The zero-order valence-corrected chi connectivity index (χ0v) is 20.1. The Balaban J connectivity index is 2.89. The van der Waals surface area contributed by atoms with E-state index in [4.69, 9.17) is 8.37 Å². The lowest BCUT2D eigenvalue weighted by molar-refractivity contribution is 0.306. The molecule has 0 amide bonds. The van der Waals surface area contributed by atoms with Crippen LogP contribution >= 0.6 is 33.3 Å². The van der Waals surface area contributed by atoms with Crippen molar-refractivity contribution in [3.8, 4) is 0 Å². The van der Waals surface area contributed by atoms with E-state index < -0.39 is 20.2 Å². The lowest BCUT2D eigenvalue weighted by Gasteiger charge is -2.22. The number of thioether (sulfide) groups is 1. The highest BCUT2D eigenvalue weighted by molar-refractivity contribution is 8.77. The zero-order valence-electron chi connectivity index (χ0n) is 16.1. The van der Waals surface area contributed by atoms with E-state index in [9.17, 15) is 16.8 Å². The van der Waals surface area contributed by atoms with Gasteiger partial charge in [0, 0.05) is 16.3 Å². The molecular weight excluding hydrogens is 449 g/mol. The second kappa shape index (κ2) is 10.7. The van der Waals surface area contributed by atoms with Crippen LogP contribution < -0.4 is 0 Å². The number of benzene rings is 1. The monoisotopic (exact) mass is 474 g/mol. The minimum atomic E-state index is -3.56. The Labute approximate surface area is 175 Å². The summed E-state index contributed by atoms with van der Waals surface area (Å²) in [5, 5.41) is 0. The van der Waals surface area contributed by atoms with Crippen LogP contribution in [0.2, 0.25) is 0 Å². The molecule has 0 unspecified atom stereocenters. The third kappa shape index (κ3) is 12.3. The van der Waals surface area contributed by atoms with Crippen LogP contribution in [0.3, 0.4) is 0 Å². The molecule has 11 heteroatoms. The van der Waals surface area contributed by atoms with Gasteiger partial charge in [-0.15, -0.1) is 0 Å². The summed E-state index contributed by atoms with van der Waals surface area (Å²) in [5.41, 5.74) is 2.28. The molecule has 0 saturated heterocycles. The highest BCUT2D eigenvalue weighted by Crippen LogP contribution is 2.36. The van der Waals surface area contributed by atoms with E-state index >= 15 is 0 Å². The van der Waals surface area contributed by atoms with Crippen LogP contribution in [0.4, 0.5) is 0 Å². The van der Waals surface area contributed by atoms with Gasteiger partial charge in [-0.05, 0) is 36.8 Å². The minimum Gasteiger partial charge on any atom is -0.265 e. The van der Waals surface area contributed by atoms with Crippen LogP contribution in [0.1, 0.15) is 30.5 Å². The largest absolute Gasteiger partial charge is 0.265 e. The molecule has 0 bridgehead atoms. The molecule has 0 atom stereocenters. The third-order valence-corrected chi connectivity index (χ3v) is 8.37. The summed E-state index contributed by atoms with van der Waals surface area (Å²) in [6.07, 6.45) is 4.04. The molecule has 0 aliphatic carbocycles. The Kier molecular flexibility index (Phi) is 10.0. The average Bonchev–Trinajstić information content (AvgIpc) is 2.49. The Morgan fingerprint density at radius 3 is 1.74 bits per heavy atom. The first-order valence-electron chi connectivity index (χ1n) is 7.90. The Bertz CT molecular complexity index is 763. The second-order valence-corrected chi connectivity index (χ2v) is 14.0. The molecular formula is C16H26O6S5. The summed E-state index contributed by atoms with van der Waals surface area (Å²) in [6.45, 7) is 4.17. The van der Waals surface area contributed by atoms with Gasteiger partial charge in [0.2, 0.25) is 0 Å². The number of hydrogen-bond donors (Lipinski definition) is 0. The maximum absolute atomic E-state index is 11.2. The van der Waals surface area contributed by atoms with Gasteiger partial charge < -0.3 is 0 Å². The molecule has 0 radical (unpaired) electrons. The Hall–Kier alpha value is 0.0900. The molecule has 1 aromatic carbocycles. The van der Waals surface area contributed by atoms with Crippen LogP contribution in [0.15, 0.2) is 18.2 Å². The summed E-state index contributed by atoms with van der Waals surface area (Å²) < 4.78 is 54.8. The van der Waals surface area contributed by atoms with Gasteiger partial charge in [-0.25, -0.2) is 0 Å². The molecule has 0 fully saturated rings. The van der Waals surface area contributed by atoms with Crippen LogP contribution in [-0.4, -0.2) is 46.1 Å². The molecule has 27 heavy (non-hydrogen) atoms. The molecule has 0 spiro atoms. The minimum absolute atomic E-state index is 0.100. The first-order valence-corrected chi connectivity index (χ1v) is 15.2. The van der Waals surface area contributed by atoms with Crippen molar-refractivity contribution in [3.63, 3.8) is 0 Å². The quantitative estimate of drug-likeness (QED) is 0.333. The van der Waals surface area contributed by atoms with E-state index in [1.165, 1.54) is 0 Å². The molecule has 156 valence electrons. The molecule has 1 aromatic rings. The van der Waals surface area contributed by atoms with Crippen molar-refractivity contribution in [1.29, 1.82) is 0 Å². The lowest BCUT2D eigenvalue weighted by atomic mass is 10.1. The third-order valence-electron chi connectivity index (χ3n) is 3.02. The molecule has 1 rings (SSSR count). The van der Waals surface area contributed by atoms with Gasteiger partial charge in [-0.2, -0.15) is 28.6 Å². The van der Waals surface area contributed by atoms with E-state index in [1.807, 2.05) is 22.9 Å². The van der Waals surface area contributed by atoms with Gasteiger partial charge in [-0.3, -0.25) is 8.37 Å². The van der Waals surface area contributed by atoms with E-state index in [1.54, 1.807) is 28.6 Å². The fourth-order valence-electron chi connectivity index (χ4n) is 2.10. The molecule has 6 nitrogen and oxygen atoms in total. The standard InChI is InChI=1S/C16H26O6S5/c1-16(2,25-23-3)12-24-11-15-7-13(9-21-26(4,17)18)6-14(8-15)10-22-27(5,19)20/h6-8H,9-12H2,1-5H3. The van der Waals surface area contributed by atoms with Gasteiger partial charge in [0.1, 0.15) is 0 Å². The summed E-state index contributed by atoms with van der Waals surface area (Å²) in [5.74, 6) is 1.66. The van der Waals surface area contributed by atoms with Crippen molar-refractivity contribution >= 4 is 53.6 Å². The van der Waals surface area contributed by atoms with Crippen LogP contribution in [0, 0.1) is 0 Å². The van der Waals surface area contributed by atoms with E-state index in [2.05, 4.69) is 20.1 Å².